The van der Waals surface area contributed by atoms with Gasteiger partial charge in [0.25, 0.3) is 0 Å². The molecule has 1 amide bonds. The van der Waals surface area contributed by atoms with Crippen molar-refractivity contribution in [2.75, 3.05) is 19.6 Å². The highest BCUT2D eigenvalue weighted by Crippen LogP contribution is 2.36. The Hall–Kier alpha value is -2.26. The van der Waals surface area contributed by atoms with Crippen LogP contribution in [0.2, 0.25) is 0 Å². The highest BCUT2D eigenvalue weighted by atomic mass is 32.2. The summed E-state index contributed by atoms with van der Waals surface area (Å²) in [7, 11) is -3.94. The van der Waals surface area contributed by atoms with Crippen LogP contribution in [-0.2, 0) is 14.8 Å². The van der Waals surface area contributed by atoms with E-state index in [0.717, 1.165) is 19.0 Å². The summed E-state index contributed by atoms with van der Waals surface area (Å²) in [6.07, 6.45) is 3.69. The van der Waals surface area contributed by atoms with Gasteiger partial charge in [-0.3, -0.25) is 4.98 Å². The minimum absolute atomic E-state index is 0.0301. The van der Waals surface area contributed by atoms with E-state index in [2.05, 4.69) is 4.98 Å². The smallest absolute Gasteiger partial charge is 0.410 e. The zero-order chi connectivity index (χ0) is 21.7. The molecule has 2 aromatic rings. The number of ether oxygens (including phenoxy) is 1. The Labute approximate surface area is 175 Å². The number of hydrogen-bond acceptors (Lipinski definition) is 5. The summed E-state index contributed by atoms with van der Waals surface area (Å²) < 4.78 is 48.3. The SMILES string of the molecule is CC(C)(C)OC(=O)N1CCC[C@@H]2CN(S(=O)(=O)c3cccc4cncc(F)c34)C[C@@H]21. The third-order valence-electron chi connectivity index (χ3n) is 5.69. The number of rotatable bonds is 2. The van der Waals surface area contributed by atoms with Gasteiger partial charge in [0, 0.05) is 36.6 Å². The van der Waals surface area contributed by atoms with Crippen LogP contribution in [0.5, 0.6) is 0 Å². The molecule has 0 bridgehead atoms. The number of sulfonamides is 1. The fourth-order valence-electron chi connectivity index (χ4n) is 4.40. The van der Waals surface area contributed by atoms with Crippen molar-refractivity contribution in [2.45, 2.75) is 50.2 Å². The Balaban J connectivity index is 1.64. The van der Waals surface area contributed by atoms with Crippen LogP contribution in [-0.4, -0.2) is 60.0 Å². The lowest BCUT2D eigenvalue weighted by Gasteiger charge is -2.37. The molecule has 0 radical (unpaired) electrons. The molecule has 3 heterocycles. The number of fused-ring (bicyclic) bond motifs is 2. The third-order valence-corrected chi connectivity index (χ3v) is 7.57. The summed E-state index contributed by atoms with van der Waals surface area (Å²) in [4.78, 5) is 18.1. The number of carbonyl (C=O) groups excluding carboxylic acids is 1. The summed E-state index contributed by atoms with van der Waals surface area (Å²) in [5.74, 6) is -0.638. The summed E-state index contributed by atoms with van der Waals surface area (Å²) in [5.41, 5.74) is -0.622. The van der Waals surface area contributed by atoms with Crippen molar-refractivity contribution in [2.24, 2.45) is 5.92 Å². The quantitative estimate of drug-likeness (QED) is 0.722. The monoisotopic (exact) mass is 435 g/mol. The summed E-state index contributed by atoms with van der Waals surface area (Å²) in [5, 5.41) is 0.481. The van der Waals surface area contributed by atoms with Gasteiger partial charge in [-0.15, -0.1) is 0 Å². The maximum absolute atomic E-state index is 14.5. The van der Waals surface area contributed by atoms with Gasteiger partial charge in [-0.05, 0) is 45.6 Å². The Morgan fingerprint density at radius 2 is 2.00 bits per heavy atom. The molecule has 2 saturated heterocycles. The standard InChI is InChI=1S/C21H26FN3O4S/c1-21(2,3)29-20(26)25-9-5-7-15-12-24(13-17(15)25)30(27,28)18-8-4-6-14-10-23-11-16(22)19(14)18/h4,6,8,10-11,15,17H,5,7,9,12-13H2,1-3H3/t15-,17+/m1/s1. The van der Waals surface area contributed by atoms with Crippen molar-refractivity contribution in [3.05, 3.63) is 36.4 Å². The molecule has 2 aliphatic rings. The van der Waals surface area contributed by atoms with E-state index in [1.165, 1.54) is 16.6 Å². The Morgan fingerprint density at radius 1 is 1.23 bits per heavy atom. The first kappa shape index (κ1) is 21.0. The first-order valence-electron chi connectivity index (χ1n) is 10.1. The average molecular weight is 436 g/mol. The van der Waals surface area contributed by atoms with Crippen molar-refractivity contribution in [1.29, 1.82) is 0 Å². The van der Waals surface area contributed by atoms with Crippen molar-refractivity contribution in [3.63, 3.8) is 0 Å². The fraction of sp³-hybridized carbons (Fsp3) is 0.524. The largest absolute Gasteiger partial charge is 0.444 e. The molecule has 7 nitrogen and oxygen atoms in total. The predicted octanol–water partition coefficient (Wildman–Crippen LogP) is 3.39. The molecule has 0 N–H and O–H groups in total. The maximum atomic E-state index is 14.5. The molecule has 1 aromatic heterocycles. The van der Waals surface area contributed by atoms with Gasteiger partial charge < -0.3 is 9.64 Å². The van der Waals surface area contributed by atoms with Crippen LogP contribution >= 0.6 is 0 Å². The van der Waals surface area contributed by atoms with Gasteiger partial charge in [0.05, 0.1) is 17.1 Å². The average Bonchev–Trinajstić information content (AvgIpc) is 3.11. The zero-order valence-electron chi connectivity index (χ0n) is 17.3. The molecule has 0 saturated carbocycles. The van der Waals surface area contributed by atoms with Gasteiger partial charge in [0.2, 0.25) is 10.0 Å². The summed E-state index contributed by atoms with van der Waals surface area (Å²) in [6.45, 7) is 6.44. The van der Waals surface area contributed by atoms with Gasteiger partial charge in [-0.25, -0.2) is 17.6 Å². The molecule has 162 valence electrons. The number of pyridine rings is 1. The molecule has 0 aliphatic carbocycles. The van der Waals surface area contributed by atoms with Gasteiger partial charge >= 0.3 is 6.09 Å². The number of likely N-dealkylation sites (tertiary alicyclic amines) is 1. The molecule has 30 heavy (non-hydrogen) atoms. The number of benzene rings is 1. The van der Waals surface area contributed by atoms with E-state index in [1.807, 2.05) is 20.8 Å². The number of halogens is 1. The topological polar surface area (TPSA) is 79.8 Å². The molecule has 2 aliphatic heterocycles. The van der Waals surface area contributed by atoms with Crippen LogP contribution in [0, 0.1) is 11.7 Å². The number of hydrogen-bond donors (Lipinski definition) is 0. The molecular weight excluding hydrogens is 409 g/mol. The molecule has 0 unspecified atom stereocenters. The van der Waals surface area contributed by atoms with E-state index in [-0.39, 0.29) is 28.8 Å². The van der Waals surface area contributed by atoms with E-state index in [9.17, 15) is 17.6 Å². The molecule has 4 rings (SSSR count). The molecule has 0 spiro atoms. The minimum Gasteiger partial charge on any atom is -0.444 e. The summed E-state index contributed by atoms with van der Waals surface area (Å²) >= 11 is 0. The normalized spacial score (nSPS) is 22.9. The van der Waals surface area contributed by atoms with Crippen molar-refractivity contribution >= 4 is 26.9 Å². The third kappa shape index (κ3) is 3.76. The minimum atomic E-state index is -3.94. The van der Waals surface area contributed by atoms with E-state index in [0.29, 0.717) is 18.5 Å². The molecular formula is C21H26FN3O4S. The lowest BCUT2D eigenvalue weighted by Crippen LogP contribution is -2.50. The number of carbonyl (C=O) groups is 1. The van der Waals surface area contributed by atoms with E-state index in [1.54, 1.807) is 17.0 Å². The van der Waals surface area contributed by atoms with Gasteiger partial charge in [0.1, 0.15) is 5.60 Å². The van der Waals surface area contributed by atoms with Crippen LogP contribution < -0.4 is 0 Å². The first-order valence-corrected chi connectivity index (χ1v) is 11.5. The van der Waals surface area contributed by atoms with Crippen LogP contribution in [0.25, 0.3) is 10.8 Å². The van der Waals surface area contributed by atoms with Crippen LogP contribution in [0.3, 0.4) is 0 Å². The molecule has 2 atom stereocenters. The number of aromatic nitrogens is 1. The first-order chi connectivity index (χ1) is 14.1. The highest BCUT2D eigenvalue weighted by molar-refractivity contribution is 7.89. The lowest BCUT2D eigenvalue weighted by molar-refractivity contribution is 0.00643. The fourth-order valence-corrected chi connectivity index (χ4v) is 6.14. The van der Waals surface area contributed by atoms with E-state index in [4.69, 9.17) is 4.74 Å². The molecule has 2 fully saturated rings. The Kier molecular flexibility index (Phi) is 5.22. The van der Waals surface area contributed by atoms with Crippen LogP contribution in [0.15, 0.2) is 35.5 Å². The van der Waals surface area contributed by atoms with Gasteiger partial charge in [-0.1, -0.05) is 12.1 Å². The van der Waals surface area contributed by atoms with Crippen LogP contribution in [0.4, 0.5) is 9.18 Å². The zero-order valence-corrected chi connectivity index (χ0v) is 18.2. The highest BCUT2D eigenvalue weighted by Gasteiger charge is 2.46. The number of amides is 1. The number of nitrogens with zero attached hydrogens (tertiary/aromatic N) is 3. The Morgan fingerprint density at radius 3 is 2.73 bits per heavy atom. The lowest BCUT2D eigenvalue weighted by atomic mass is 9.92. The summed E-state index contributed by atoms with van der Waals surface area (Å²) in [6, 6.07) is 4.41. The maximum Gasteiger partial charge on any atom is 0.410 e. The van der Waals surface area contributed by atoms with Gasteiger partial charge in [-0.2, -0.15) is 4.31 Å². The van der Waals surface area contributed by atoms with Crippen LogP contribution in [0.1, 0.15) is 33.6 Å². The van der Waals surface area contributed by atoms with Crippen molar-refractivity contribution in [1.82, 2.24) is 14.2 Å². The number of piperidine rings is 1. The van der Waals surface area contributed by atoms with Crippen molar-refractivity contribution in [3.8, 4) is 0 Å². The predicted molar refractivity (Wildman–Crippen MR) is 110 cm³/mol. The van der Waals surface area contributed by atoms with Gasteiger partial charge in [0.15, 0.2) is 5.82 Å². The molecule has 1 aromatic carbocycles. The second-order valence-electron chi connectivity index (χ2n) is 8.94. The van der Waals surface area contributed by atoms with E-state index >= 15 is 0 Å². The van der Waals surface area contributed by atoms with Crippen molar-refractivity contribution < 1.29 is 22.3 Å². The second-order valence-corrected chi connectivity index (χ2v) is 10.8. The molecule has 9 heteroatoms. The Bertz CT molecular complexity index is 1080. The van der Waals surface area contributed by atoms with E-state index < -0.39 is 27.5 Å². The second kappa shape index (κ2) is 7.46.